The first-order valence-corrected chi connectivity index (χ1v) is 10.3. The van der Waals surface area contributed by atoms with Crippen LogP contribution in [0.15, 0.2) is 85.2 Å². The van der Waals surface area contributed by atoms with Gasteiger partial charge in [0.15, 0.2) is 6.61 Å². The molecule has 0 aliphatic carbocycles. The van der Waals surface area contributed by atoms with Gasteiger partial charge >= 0.3 is 0 Å². The average molecular weight is 412 g/mol. The van der Waals surface area contributed by atoms with Gasteiger partial charge in [-0.1, -0.05) is 54.1 Å². The predicted molar refractivity (Wildman–Crippen MR) is 124 cm³/mol. The van der Waals surface area contributed by atoms with E-state index in [0.717, 1.165) is 33.2 Å². The molecule has 5 heteroatoms. The Labute approximate surface area is 182 Å². The normalized spacial score (nSPS) is 10.7. The lowest BCUT2D eigenvalue weighted by atomic mass is 10.0. The summed E-state index contributed by atoms with van der Waals surface area (Å²) in [5, 5.41) is 8.58. The Kier molecular flexibility index (Phi) is 6.55. The summed E-state index contributed by atoms with van der Waals surface area (Å²) in [6.45, 7) is 3.27. The Morgan fingerprint density at radius 1 is 0.935 bits per heavy atom. The van der Waals surface area contributed by atoms with Gasteiger partial charge in [-0.3, -0.25) is 9.78 Å². The average Bonchev–Trinajstić information content (AvgIpc) is 2.80. The molecule has 0 saturated carbocycles. The number of aromatic nitrogens is 1. The van der Waals surface area contributed by atoms with Crippen LogP contribution in [0.5, 0.6) is 5.75 Å². The topological polar surface area (TPSA) is 63.2 Å². The van der Waals surface area contributed by atoms with Crippen LogP contribution in [0.4, 0.5) is 5.69 Å². The van der Waals surface area contributed by atoms with Crippen molar-refractivity contribution in [1.82, 2.24) is 10.3 Å². The van der Waals surface area contributed by atoms with Crippen molar-refractivity contribution in [2.24, 2.45) is 0 Å². The van der Waals surface area contributed by atoms with Crippen molar-refractivity contribution in [2.45, 2.75) is 20.0 Å². The Balaban J connectivity index is 1.46. The number of carbonyl (C=O) groups excluding carboxylic acids is 1. The third-order valence-corrected chi connectivity index (χ3v) is 5.05. The maximum atomic E-state index is 12.4. The second-order valence-electron chi connectivity index (χ2n) is 7.43. The largest absolute Gasteiger partial charge is 0.483 e. The molecule has 0 saturated heterocycles. The van der Waals surface area contributed by atoms with Gasteiger partial charge in [-0.15, -0.1) is 0 Å². The molecule has 2 N–H and O–H groups in total. The van der Waals surface area contributed by atoms with Gasteiger partial charge < -0.3 is 15.4 Å². The SMILES string of the molecule is Cc1ccc(NC(=O)COc2ccc3ccccc3c2CNCc2cccnc2)cc1. The predicted octanol–water partition coefficient (Wildman–Crippen LogP) is 4.85. The zero-order chi connectivity index (χ0) is 21.5. The summed E-state index contributed by atoms with van der Waals surface area (Å²) in [4.78, 5) is 16.5. The molecule has 1 aromatic heterocycles. The van der Waals surface area contributed by atoms with E-state index in [1.165, 1.54) is 0 Å². The van der Waals surface area contributed by atoms with Crippen LogP contribution in [-0.4, -0.2) is 17.5 Å². The maximum Gasteiger partial charge on any atom is 0.262 e. The number of carbonyl (C=O) groups is 1. The smallest absolute Gasteiger partial charge is 0.262 e. The van der Waals surface area contributed by atoms with E-state index in [-0.39, 0.29) is 12.5 Å². The van der Waals surface area contributed by atoms with Crippen molar-refractivity contribution in [1.29, 1.82) is 0 Å². The highest BCUT2D eigenvalue weighted by Crippen LogP contribution is 2.28. The second-order valence-corrected chi connectivity index (χ2v) is 7.43. The molecule has 0 atom stereocenters. The van der Waals surface area contributed by atoms with Gasteiger partial charge in [0.25, 0.3) is 5.91 Å². The van der Waals surface area contributed by atoms with Crippen molar-refractivity contribution >= 4 is 22.4 Å². The third-order valence-electron chi connectivity index (χ3n) is 5.05. The molecule has 0 fully saturated rings. The molecule has 0 bridgehead atoms. The van der Waals surface area contributed by atoms with Crippen LogP contribution in [0.25, 0.3) is 10.8 Å². The number of nitrogens with one attached hydrogen (secondary N) is 2. The van der Waals surface area contributed by atoms with E-state index < -0.39 is 0 Å². The monoisotopic (exact) mass is 411 g/mol. The first-order valence-electron chi connectivity index (χ1n) is 10.3. The number of rotatable bonds is 8. The minimum atomic E-state index is -0.189. The summed E-state index contributed by atoms with van der Waals surface area (Å²) in [5.74, 6) is 0.516. The quantitative estimate of drug-likeness (QED) is 0.435. The lowest BCUT2D eigenvalue weighted by Gasteiger charge is -2.15. The molecular formula is C26H25N3O2. The lowest BCUT2D eigenvalue weighted by molar-refractivity contribution is -0.118. The minimum absolute atomic E-state index is 0.0537. The first kappa shape index (κ1) is 20.6. The maximum absolute atomic E-state index is 12.4. The Morgan fingerprint density at radius 3 is 2.58 bits per heavy atom. The molecule has 0 aliphatic heterocycles. The number of hydrogen-bond acceptors (Lipinski definition) is 4. The van der Waals surface area contributed by atoms with Crippen LogP contribution < -0.4 is 15.4 Å². The second kappa shape index (κ2) is 9.87. The first-order chi connectivity index (χ1) is 15.2. The molecule has 5 nitrogen and oxygen atoms in total. The van der Waals surface area contributed by atoms with Crippen molar-refractivity contribution in [3.8, 4) is 5.75 Å². The van der Waals surface area contributed by atoms with Crippen LogP contribution in [0.2, 0.25) is 0 Å². The molecule has 0 aliphatic rings. The number of amides is 1. The number of benzene rings is 3. The van der Waals surface area contributed by atoms with Crippen LogP contribution in [0.3, 0.4) is 0 Å². The number of nitrogens with zero attached hydrogens (tertiary/aromatic N) is 1. The minimum Gasteiger partial charge on any atom is -0.483 e. The van der Waals surface area contributed by atoms with E-state index in [1.807, 2.05) is 73.8 Å². The van der Waals surface area contributed by atoms with E-state index in [1.54, 1.807) is 6.20 Å². The van der Waals surface area contributed by atoms with Crippen LogP contribution in [-0.2, 0) is 17.9 Å². The number of pyridine rings is 1. The van der Waals surface area contributed by atoms with Crippen molar-refractivity contribution in [2.75, 3.05) is 11.9 Å². The third kappa shape index (κ3) is 5.47. The van der Waals surface area contributed by atoms with Crippen LogP contribution >= 0.6 is 0 Å². The van der Waals surface area contributed by atoms with E-state index in [4.69, 9.17) is 4.74 Å². The van der Waals surface area contributed by atoms with Gasteiger partial charge in [0.2, 0.25) is 0 Å². The molecule has 0 radical (unpaired) electrons. The van der Waals surface area contributed by atoms with Crippen LogP contribution in [0, 0.1) is 6.92 Å². The molecule has 0 unspecified atom stereocenters. The zero-order valence-electron chi connectivity index (χ0n) is 17.5. The highest BCUT2D eigenvalue weighted by molar-refractivity contribution is 5.92. The zero-order valence-corrected chi connectivity index (χ0v) is 17.5. The molecule has 1 heterocycles. The Morgan fingerprint density at radius 2 is 1.77 bits per heavy atom. The molecule has 156 valence electrons. The van der Waals surface area contributed by atoms with Crippen molar-refractivity contribution in [3.63, 3.8) is 0 Å². The Hall–Kier alpha value is -3.70. The molecule has 0 spiro atoms. The number of anilines is 1. The number of ether oxygens (including phenoxy) is 1. The van der Waals surface area contributed by atoms with Gasteiger partial charge in [-0.05, 0) is 47.5 Å². The molecule has 1 amide bonds. The van der Waals surface area contributed by atoms with E-state index in [0.29, 0.717) is 18.8 Å². The fourth-order valence-electron chi connectivity index (χ4n) is 3.45. The van der Waals surface area contributed by atoms with Gasteiger partial charge in [0, 0.05) is 36.7 Å². The van der Waals surface area contributed by atoms with E-state index in [9.17, 15) is 4.79 Å². The fourth-order valence-corrected chi connectivity index (χ4v) is 3.45. The van der Waals surface area contributed by atoms with Crippen LogP contribution in [0.1, 0.15) is 16.7 Å². The summed E-state index contributed by atoms with van der Waals surface area (Å²) >= 11 is 0. The van der Waals surface area contributed by atoms with E-state index in [2.05, 4.69) is 27.8 Å². The van der Waals surface area contributed by atoms with Crippen molar-refractivity contribution in [3.05, 3.63) is 102 Å². The summed E-state index contributed by atoms with van der Waals surface area (Å²) in [5.41, 5.74) is 4.05. The molecule has 3 aromatic carbocycles. The molecular weight excluding hydrogens is 386 g/mol. The summed E-state index contributed by atoms with van der Waals surface area (Å²) in [7, 11) is 0. The number of aryl methyl sites for hydroxylation is 1. The highest BCUT2D eigenvalue weighted by atomic mass is 16.5. The summed E-state index contributed by atoms with van der Waals surface area (Å²) in [6.07, 6.45) is 3.62. The standard InChI is InChI=1S/C26H25N3O2/c1-19-8-11-22(12-9-19)29-26(30)18-31-25-13-10-21-6-2-3-7-23(21)24(25)17-28-16-20-5-4-14-27-15-20/h2-15,28H,16-18H2,1H3,(H,29,30). The van der Waals surface area contributed by atoms with Gasteiger partial charge in [-0.25, -0.2) is 0 Å². The molecule has 31 heavy (non-hydrogen) atoms. The summed E-state index contributed by atoms with van der Waals surface area (Å²) in [6, 6.07) is 23.8. The lowest BCUT2D eigenvalue weighted by Crippen LogP contribution is -2.21. The highest BCUT2D eigenvalue weighted by Gasteiger charge is 2.11. The fraction of sp³-hybridized carbons (Fsp3) is 0.154. The van der Waals surface area contributed by atoms with Crippen molar-refractivity contribution < 1.29 is 9.53 Å². The molecule has 4 rings (SSSR count). The Bertz CT molecular complexity index is 1160. The van der Waals surface area contributed by atoms with Gasteiger partial charge in [0.05, 0.1) is 0 Å². The number of fused-ring (bicyclic) bond motifs is 1. The summed E-state index contributed by atoms with van der Waals surface area (Å²) < 4.78 is 5.94. The molecule has 4 aromatic rings. The van der Waals surface area contributed by atoms with Gasteiger partial charge in [-0.2, -0.15) is 0 Å². The van der Waals surface area contributed by atoms with E-state index >= 15 is 0 Å². The number of hydrogen-bond donors (Lipinski definition) is 2. The van der Waals surface area contributed by atoms with Gasteiger partial charge in [0.1, 0.15) is 5.75 Å².